The lowest BCUT2D eigenvalue weighted by molar-refractivity contribution is 0.172. The number of benzene rings is 1. The van der Waals surface area contributed by atoms with Crippen LogP contribution >= 0.6 is 0 Å². The Morgan fingerprint density at radius 1 is 1.07 bits per heavy atom. The Hall–Kier alpha value is -2.66. The van der Waals surface area contributed by atoms with Gasteiger partial charge in [0.05, 0.1) is 11.9 Å². The fraction of sp³-hybridized carbons (Fsp3) is 0.440. The van der Waals surface area contributed by atoms with Crippen molar-refractivity contribution in [1.29, 1.82) is 0 Å². The topological polar surface area (TPSA) is 49.2 Å². The third-order valence-corrected chi connectivity index (χ3v) is 6.71. The molecule has 1 N–H and O–H groups in total. The summed E-state index contributed by atoms with van der Waals surface area (Å²) in [5.41, 5.74) is 7.18. The molecule has 0 unspecified atom stereocenters. The zero-order valence-corrected chi connectivity index (χ0v) is 18.4. The SMILES string of the molecule is CC(C)c1c(-c2cnc3ccnn3c2)[nH]c2ccc(C3CCN(C(C)C)CC3)cc12. The number of nitrogens with one attached hydrogen (secondary N) is 1. The summed E-state index contributed by atoms with van der Waals surface area (Å²) in [6.07, 6.45) is 8.31. The monoisotopic (exact) mass is 401 g/mol. The van der Waals surface area contributed by atoms with Crippen molar-refractivity contribution in [3.8, 4) is 11.3 Å². The van der Waals surface area contributed by atoms with Crippen molar-refractivity contribution in [1.82, 2.24) is 24.5 Å². The Labute approximate surface area is 178 Å². The molecule has 1 aromatic carbocycles. The molecule has 4 aromatic rings. The number of fused-ring (bicyclic) bond motifs is 2. The summed E-state index contributed by atoms with van der Waals surface area (Å²) >= 11 is 0. The minimum Gasteiger partial charge on any atom is -0.354 e. The van der Waals surface area contributed by atoms with Crippen LogP contribution in [0.25, 0.3) is 27.8 Å². The van der Waals surface area contributed by atoms with E-state index >= 15 is 0 Å². The Balaban J connectivity index is 1.54. The van der Waals surface area contributed by atoms with E-state index in [9.17, 15) is 0 Å². The van der Waals surface area contributed by atoms with E-state index in [1.807, 2.05) is 16.8 Å². The summed E-state index contributed by atoms with van der Waals surface area (Å²) in [6, 6.07) is 9.62. The maximum absolute atomic E-state index is 4.58. The van der Waals surface area contributed by atoms with E-state index in [1.54, 1.807) is 6.20 Å². The van der Waals surface area contributed by atoms with Crippen molar-refractivity contribution >= 4 is 16.6 Å². The maximum Gasteiger partial charge on any atom is 0.154 e. The fourth-order valence-corrected chi connectivity index (χ4v) is 5.00. The summed E-state index contributed by atoms with van der Waals surface area (Å²) in [5, 5.41) is 5.71. The molecule has 5 heteroatoms. The molecule has 0 amide bonds. The summed E-state index contributed by atoms with van der Waals surface area (Å²) < 4.78 is 1.85. The van der Waals surface area contributed by atoms with Gasteiger partial charge >= 0.3 is 0 Å². The average Bonchev–Trinajstić information content (AvgIpc) is 3.37. The first-order valence-electron chi connectivity index (χ1n) is 11.2. The molecule has 156 valence electrons. The predicted molar refractivity (Wildman–Crippen MR) is 123 cm³/mol. The quantitative estimate of drug-likeness (QED) is 0.485. The highest BCUT2D eigenvalue weighted by molar-refractivity contribution is 5.91. The first-order chi connectivity index (χ1) is 14.5. The molecule has 0 bridgehead atoms. The van der Waals surface area contributed by atoms with Crippen molar-refractivity contribution in [3.05, 3.63) is 54.0 Å². The number of aromatic amines is 1. The van der Waals surface area contributed by atoms with Crippen molar-refractivity contribution in [2.24, 2.45) is 0 Å². The van der Waals surface area contributed by atoms with Gasteiger partial charge in [-0.3, -0.25) is 0 Å². The van der Waals surface area contributed by atoms with Gasteiger partial charge in [-0.05, 0) is 74.9 Å². The Bertz CT molecular complexity index is 1170. The summed E-state index contributed by atoms with van der Waals surface area (Å²) in [5.74, 6) is 1.07. The van der Waals surface area contributed by atoms with Crippen LogP contribution in [0.15, 0.2) is 42.9 Å². The molecule has 5 rings (SSSR count). The number of rotatable bonds is 4. The number of likely N-dealkylation sites (tertiary alicyclic amines) is 1. The smallest absolute Gasteiger partial charge is 0.154 e. The van der Waals surface area contributed by atoms with E-state index in [2.05, 4.69) is 72.1 Å². The number of aromatic nitrogens is 4. The average molecular weight is 402 g/mol. The highest BCUT2D eigenvalue weighted by atomic mass is 15.2. The molecule has 1 aliphatic rings. The van der Waals surface area contributed by atoms with Gasteiger partial charge in [0.15, 0.2) is 5.65 Å². The van der Waals surface area contributed by atoms with E-state index in [1.165, 1.54) is 48.0 Å². The number of hydrogen-bond donors (Lipinski definition) is 1. The van der Waals surface area contributed by atoms with Crippen molar-refractivity contribution in [2.45, 2.75) is 58.4 Å². The van der Waals surface area contributed by atoms with E-state index in [4.69, 9.17) is 0 Å². The molecule has 0 spiro atoms. The van der Waals surface area contributed by atoms with Crippen LogP contribution in [0.1, 0.15) is 63.5 Å². The van der Waals surface area contributed by atoms with Crippen molar-refractivity contribution in [3.63, 3.8) is 0 Å². The highest BCUT2D eigenvalue weighted by Gasteiger charge is 2.23. The molecule has 5 nitrogen and oxygen atoms in total. The van der Waals surface area contributed by atoms with Gasteiger partial charge in [0, 0.05) is 41.0 Å². The third-order valence-electron chi connectivity index (χ3n) is 6.71. The van der Waals surface area contributed by atoms with Crippen LogP contribution < -0.4 is 0 Å². The van der Waals surface area contributed by atoms with E-state index in [-0.39, 0.29) is 0 Å². The second-order valence-electron chi connectivity index (χ2n) is 9.25. The molecule has 30 heavy (non-hydrogen) atoms. The zero-order chi connectivity index (χ0) is 20.8. The Morgan fingerprint density at radius 2 is 1.87 bits per heavy atom. The van der Waals surface area contributed by atoms with Gasteiger partial charge in [-0.15, -0.1) is 0 Å². The molecule has 3 aromatic heterocycles. The van der Waals surface area contributed by atoms with Gasteiger partial charge in [-0.25, -0.2) is 9.50 Å². The van der Waals surface area contributed by atoms with Crippen molar-refractivity contribution < 1.29 is 0 Å². The molecule has 1 fully saturated rings. The van der Waals surface area contributed by atoms with E-state index in [0.29, 0.717) is 17.9 Å². The molecule has 1 saturated heterocycles. The largest absolute Gasteiger partial charge is 0.354 e. The zero-order valence-electron chi connectivity index (χ0n) is 18.4. The minimum atomic E-state index is 0.417. The number of nitrogens with zero attached hydrogens (tertiary/aromatic N) is 4. The molecule has 0 radical (unpaired) electrons. The maximum atomic E-state index is 4.58. The lowest BCUT2D eigenvalue weighted by Crippen LogP contribution is -2.37. The summed E-state index contributed by atoms with van der Waals surface area (Å²) in [4.78, 5) is 10.9. The number of piperidine rings is 1. The van der Waals surface area contributed by atoms with E-state index in [0.717, 1.165) is 16.9 Å². The second-order valence-corrected chi connectivity index (χ2v) is 9.25. The molecular weight excluding hydrogens is 370 g/mol. The molecule has 0 aliphatic carbocycles. The van der Waals surface area contributed by atoms with Gasteiger partial charge in [0.2, 0.25) is 0 Å². The van der Waals surface area contributed by atoms with E-state index < -0.39 is 0 Å². The third kappa shape index (κ3) is 3.31. The normalized spacial score (nSPS) is 16.5. The Morgan fingerprint density at radius 3 is 2.60 bits per heavy atom. The second kappa shape index (κ2) is 7.55. The van der Waals surface area contributed by atoms with Gasteiger partial charge in [-0.2, -0.15) is 5.10 Å². The summed E-state index contributed by atoms with van der Waals surface area (Å²) in [7, 11) is 0. The van der Waals surface area contributed by atoms with Crippen LogP contribution in [-0.2, 0) is 0 Å². The van der Waals surface area contributed by atoms with Gasteiger partial charge in [-0.1, -0.05) is 19.9 Å². The van der Waals surface area contributed by atoms with Crippen LogP contribution in [-0.4, -0.2) is 43.6 Å². The van der Waals surface area contributed by atoms with Gasteiger partial charge < -0.3 is 9.88 Å². The standard InChI is InChI=1S/C25H31N5/c1-16(2)24-21-13-19(18-8-11-29(12-9-18)17(3)4)5-6-22(21)28-25(24)20-14-26-23-7-10-27-30(23)15-20/h5-7,10,13-18,28H,8-9,11-12H2,1-4H3. The van der Waals surface area contributed by atoms with Crippen molar-refractivity contribution in [2.75, 3.05) is 13.1 Å². The van der Waals surface area contributed by atoms with Crippen LogP contribution in [0.5, 0.6) is 0 Å². The molecule has 0 saturated carbocycles. The molecule has 0 atom stereocenters. The Kier molecular flexibility index (Phi) is 4.86. The van der Waals surface area contributed by atoms with Crippen LogP contribution in [0.2, 0.25) is 0 Å². The molecular formula is C25H31N5. The molecule has 1 aliphatic heterocycles. The lowest BCUT2D eigenvalue weighted by atomic mass is 9.87. The number of H-pyrrole nitrogens is 1. The van der Waals surface area contributed by atoms with Crippen LogP contribution in [0.4, 0.5) is 0 Å². The van der Waals surface area contributed by atoms with Gasteiger partial charge in [0.25, 0.3) is 0 Å². The number of hydrogen-bond acceptors (Lipinski definition) is 3. The predicted octanol–water partition coefficient (Wildman–Crippen LogP) is 5.59. The summed E-state index contributed by atoms with van der Waals surface area (Å²) in [6.45, 7) is 11.6. The van der Waals surface area contributed by atoms with Crippen LogP contribution in [0, 0.1) is 0 Å². The first-order valence-corrected chi connectivity index (χ1v) is 11.2. The molecule has 4 heterocycles. The minimum absolute atomic E-state index is 0.417. The lowest BCUT2D eigenvalue weighted by Gasteiger charge is -2.34. The fourth-order valence-electron chi connectivity index (χ4n) is 5.00. The van der Waals surface area contributed by atoms with Crippen LogP contribution in [0.3, 0.4) is 0 Å². The first kappa shape index (κ1) is 19.3. The highest BCUT2D eigenvalue weighted by Crippen LogP contribution is 2.38. The van der Waals surface area contributed by atoms with Gasteiger partial charge in [0.1, 0.15) is 0 Å².